The second-order valence-electron chi connectivity index (χ2n) is 5.32. The van der Waals surface area contributed by atoms with E-state index in [0.717, 1.165) is 12.2 Å². The third kappa shape index (κ3) is 3.90. The molecule has 0 atom stereocenters. The smallest absolute Gasteiger partial charge is 0.281 e. The van der Waals surface area contributed by atoms with Crippen LogP contribution < -0.4 is 33.4 Å². The normalized spacial score (nSPS) is 10.9. The molecule has 23 heavy (non-hydrogen) atoms. The van der Waals surface area contributed by atoms with Crippen molar-refractivity contribution in [3.8, 4) is 0 Å². The molecular weight excluding hydrogens is 417 g/mol. The van der Waals surface area contributed by atoms with Crippen LogP contribution in [0.1, 0.15) is 11.9 Å². The van der Waals surface area contributed by atoms with Gasteiger partial charge in [-0.15, -0.1) is 0 Å². The quantitative estimate of drug-likeness (QED) is 0.339. The van der Waals surface area contributed by atoms with Crippen LogP contribution in [0.5, 0.6) is 0 Å². The minimum absolute atomic E-state index is 0. The van der Waals surface area contributed by atoms with E-state index in [1.54, 1.807) is 11.3 Å². The Morgan fingerprint density at radius 1 is 1.09 bits per heavy atom. The number of nitrogens with zero attached hydrogens (tertiary/aromatic N) is 3. The van der Waals surface area contributed by atoms with Gasteiger partial charge in [-0.05, 0) is 37.3 Å². The number of aryl methyl sites for hydroxylation is 1. The Balaban J connectivity index is 0.00000192. The summed E-state index contributed by atoms with van der Waals surface area (Å²) >= 11 is 1.78. The van der Waals surface area contributed by atoms with Gasteiger partial charge >= 0.3 is 0 Å². The third-order valence-corrected chi connectivity index (χ3v) is 4.74. The summed E-state index contributed by atoms with van der Waals surface area (Å²) in [7, 11) is 4.08. The van der Waals surface area contributed by atoms with Crippen molar-refractivity contribution in [1.29, 1.82) is 0 Å². The molecule has 1 aromatic heterocycles. The van der Waals surface area contributed by atoms with Gasteiger partial charge in [0.05, 0.1) is 5.69 Å². The van der Waals surface area contributed by atoms with Crippen molar-refractivity contribution < 1.29 is 28.5 Å². The maximum absolute atomic E-state index is 4.63. The molecule has 0 bridgehead atoms. The zero-order chi connectivity index (χ0) is 15.5. The van der Waals surface area contributed by atoms with Crippen molar-refractivity contribution in [1.82, 2.24) is 0 Å². The van der Waals surface area contributed by atoms with Gasteiger partial charge in [0.25, 0.3) is 5.01 Å². The van der Waals surface area contributed by atoms with Gasteiger partial charge in [0, 0.05) is 25.8 Å². The Hall–Kier alpha value is -1.47. The average Bonchev–Trinajstić information content (AvgIpc) is 2.90. The van der Waals surface area contributed by atoms with E-state index >= 15 is 0 Å². The largest absolute Gasteiger partial charge is 1.00 e. The van der Waals surface area contributed by atoms with Gasteiger partial charge in [0.2, 0.25) is 5.52 Å². The second kappa shape index (κ2) is 7.88. The summed E-state index contributed by atoms with van der Waals surface area (Å²) in [6.07, 6.45) is 1.97. The summed E-state index contributed by atoms with van der Waals surface area (Å²) in [5.74, 6) is 0. The van der Waals surface area contributed by atoms with E-state index < -0.39 is 0 Å². The Bertz CT molecular complexity index is 807. The van der Waals surface area contributed by atoms with Crippen LogP contribution in [0.4, 0.5) is 11.4 Å². The molecule has 0 saturated heterocycles. The first-order valence-corrected chi connectivity index (χ1v) is 8.23. The number of para-hydroxylation sites is 1. The number of thiazole rings is 1. The predicted octanol–water partition coefficient (Wildman–Crippen LogP) is 1.03. The van der Waals surface area contributed by atoms with Crippen LogP contribution in [-0.4, -0.2) is 20.3 Å². The number of hydrogen-bond acceptors (Lipinski definition) is 3. The molecule has 5 heteroatoms. The zero-order valence-corrected chi connectivity index (χ0v) is 16.5. The monoisotopic (exact) mass is 437 g/mol. The Labute approximate surface area is 158 Å². The molecule has 3 aromatic rings. The molecule has 2 aromatic carbocycles. The van der Waals surface area contributed by atoms with E-state index in [0.29, 0.717) is 0 Å². The van der Waals surface area contributed by atoms with Crippen molar-refractivity contribution in [2.24, 2.45) is 4.99 Å². The average molecular weight is 437 g/mol. The van der Waals surface area contributed by atoms with E-state index in [1.165, 1.54) is 20.9 Å². The number of rotatable bonds is 4. The molecule has 3 nitrogen and oxygen atoms in total. The topological polar surface area (TPSA) is 19.5 Å². The summed E-state index contributed by atoms with van der Waals surface area (Å²) in [6, 6.07) is 16.8. The Morgan fingerprint density at radius 2 is 1.78 bits per heavy atom. The molecule has 0 aliphatic rings. The lowest BCUT2D eigenvalue weighted by molar-refractivity contribution is -0.664. The molecule has 0 aliphatic carbocycles. The van der Waals surface area contributed by atoms with Crippen molar-refractivity contribution in [2.45, 2.75) is 13.5 Å². The minimum atomic E-state index is 0. The van der Waals surface area contributed by atoms with Crippen LogP contribution >= 0.6 is 11.3 Å². The van der Waals surface area contributed by atoms with Crippen molar-refractivity contribution >= 4 is 39.1 Å². The third-order valence-electron chi connectivity index (χ3n) is 3.64. The van der Waals surface area contributed by atoms with Crippen LogP contribution in [0.25, 0.3) is 10.2 Å². The van der Waals surface area contributed by atoms with E-state index in [-0.39, 0.29) is 24.0 Å². The molecule has 0 N–H and O–H groups in total. The molecule has 1 heterocycles. The maximum atomic E-state index is 4.63. The fourth-order valence-electron chi connectivity index (χ4n) is 2.44. The SMILES string of the molecule is CC[n+]1c(C=Nc2ccc(N(C)C)cc2)sc2ccccc21.[I-]. The van der Waals surface area contributed by atoms with Gasteiger partial charge in [0.15, 0.2) is 0 Å². The van der Waals surface area contributed by atoms with Gasteiger partial charge in [-0.1, -0.05) is 23.5 Å². The molecule has 0 amide bonds. The van der Waals surface area contributed by atoms with Crippen LogP contribution in [0.2, 0.25) is 0 Å². The maximum Gasteiger partial charge on any atom is 0.281 e. The van der Waals surface area contributed by atoms with Gasteiger partial charge in [-0.2, -0.15) is 4.57 Å². The summed E-state index contributed by atoms with van der Waals surface area (Å²) in [6.45, 7) is 3.12. The number of aromatic nitrogens is 1. The first-order valence-electron chi connectivity index (χ1n) is 7.42. The standard InChI is InChI=1S/C18H20N3S.HI/c1-4-21-16-7-5-6-8-17(16)22-18(21)13-19-14-9-11-15(12-10-14)20(2)3;/h5-13H,4H2,1-3H3;1H/q+1;/p-1. The number of hydrogen-bond donors (Lipinski definition) is 0. The highest BCUT2D eigenvalue weighted by molar-refractivity contribution is 7.19. The lowest BCUT2D eigenvalue weighted by Gasteiger charge is -2.11. The lowest BCUT2D eigenvalue weighted by Crippen LogP contribution is -3.00. The van der Waals surface area contributed by atoms with Gasteiger partial charge in [0.1, 0.15) is 17.5 Å². The van der Waals surface area contributed by atoms with Gasteiger partial charge < -0.3 is 28.9 Å². The highest BCUT2D eigenvalue weighted by Crippen LogP contribution is 2.21. The minimum Gasteiger partial charge on any atom is -1.00 e. The molecular formula is C18H20IN3S. The summed E-state index contributed by atoms with van der Waals surface area (Å²) in [5, 5.41) is 1.18. The van der Waals surface area contributed by atoms with E-state index in [4.69, 9.17) is 0 Å². The van der Waals surface area contributed by atoms with Crippen LogP contribution in [0, 0.1) is 0 Å². The second-order valence-corrected chi connectivity index (χ2v) is 6.38. The highest BCUT2D eigenvalue weighted by Gasteiger charge is 2.16. The summed E-state index contributed by atoms with van der Waals surface area (Å²) in [4.78, 5) is 6.71. The molecule has 0 spiro atoms. The number of halogens is 1. The first-order chi connectivity index (χ1) is 10.7. The number of anilines is 1. The number of benzene rings is 2. The fraction of sp³-hybridized carbons (Fsp3) is 0.222. The zero-order valence-electron chi connectivity index (χ0n) is 13.5. The number of fused-ring (bicyclic) bond motifs is 1. The van der Waals surface area contributed by atoms with E-state index in [2.05, 4.69) is 69.9 Å². The van der Waals surface area contributed by atoms with Crippen molar-refractivity contribution in [2.75, 3.05) is 19.0 Å². The van der Waals surface area contributed by atoms with Crippen molar-refractivity contribution in [3.63, 3.8) is 0 Å². The molecule has 0 saturated carbocycles. The van der Waals surface area contributed by atoms with Crippen LogP contribution in [-0.2, 0) is 6.54 Å². The van der Waals surface area contributed by atoms with Crippen molar-refractivity contribution in [3.05, 3.63) is 53.5 Å². The number of aliphatic imine (C=N–C) groups is 1. The molecule has 120 valence electrons. The lowest BCUT2D eigenvalue weighted by atomic mass is 10.3. The molecule has 0 radical (unpaired) electrons. The molecule has 0 unspecified atom stereocenters. The first kappa shape index (κ1) is 17.9. The highest BCUT2D eigenvalue weighted by atomic mass is 127. The van der Waals surface area contributed by atoms with E-state index in [1.807, 2.05) is 20.3 Å². The van der Waals surface area contributed by atoms with E-state index in [9.17, 15) is 0 Å². The Morgan fingerprint density at radius 3 is 2.43 bits per heavy atom. The fourth-order valence-corrected chi connectivity index (χ4v) is 3.54. The Kier molecular flexibility index (Phi) is 6.12. The molecule has 0 fully saturated rings. The summed E-state index contributed by atoms with van der Waals surface area (Å²) in [5.41, 5.74) is 3.44. The molecule has 0 aliphatic heterocycles. The van der Waals surface area contributed by atoms with Gasteiger partial charge in [-0.3, -0.25) is 0 Å². The molecule has 3 rings (SSSR count). The predicted molar refractivity (Wildman–Crippen MR) is 95.7 cm³/mol. The van der Waals surface area contributed by atoms with Crippen LogP contribution in [0.15, 0.2) is 53.5 Å². The van der Waals surface area contributed by atoms with Crippen LogP contribution in [0.3, 0.4) is 0 Å². The summed E-state index contributed by atoms with van der Waals surface area (Å²) < 4.78 is 3.60. The van der Waals surface area contributed by atoms with Gasteiger partial charge in [-0.25, -0.2) is 4.99 Å².